The minimum absolute atomic E-state index is 0.0439. The number of carbonyl (C=O) groups excluding carboxylic acids is 1. The number of sulfonamides is 1. The third-order valence-electron chi connectivity index (χ3n) is 2.26. The van der Waals surface area contributed by atoms with Crippen LogP contribution in [0.15, 0.2) is 18.3 Å². The molecular formula is C10H16N4O3S. The Morgan fingerprint density at radius 1 is 1.50 bits per heavy atom. The van der Waals surface area contributed by atoms with Crippen LogP contribution >= 0.6 is 0 Å². The van der Waals surface area contributed by atoms with Crippen molar-refractivity contribution >= 4 is 15.9 Å². The standard InChI is InChI=1S/C10H16N4O3S/c1-12-18(16,17)5-4-14-10(15)8-2-3-13-9(6-8)7-11/h2-3,6,12H,4-5,7,11H2,1H3,(H,14,15). The predicted molar refractivity (Wildman–Crippen MR) is 67.3 cm³/mol. The van der Waals surface area contributed by atoms with Crippen molar-refractivity contribution in [2.45, 2.75) is 6.54 Å². The SMILES string of the molecule is CNS(=O)(=O)CCNC(=O)c1ccnc(CN)c1. The zero-order valence-corrected chi connectivity index (χ0v) is 10.8. The van der Waals surface area contributed by atoms with Gasteiger partial charge in [-0.2, -0.15) is 0 Å². The van der Waals surface area contributed by atoms with Gasteiger partial charge in [0.25, 0.3) is 5.91 Å². The Bertz CT molecular complexity index is 516. The minimum atomic E-state index is -3.31. The number of carbonyl (C=O) groups is 1. The highest BCUT2D eigenvalue weighted by Crippen LogP contribution is 2.00. The molecule has 0 radical (unpaired) electrons. The van der Waals surface area contributed by atoms with Gasteiger partial charge in [-0.15, -0.1) is 0 Å². The molecule has 18 heavy (non-hydrogen) atoms. The van der Waals surface area contributed by atoms with Crippen molar-refractivity contribution in [2.75, 3.05) is 19.3 Å². The van der Waals surface area contributed by atoms with Crippen LogP contribution in [0.4, 0.5) is 0 Å². The molecular weight excluding hydrogens is 256 g/mol. The van der Waals surface area contributed by atoms with Gasteiger partial charge in [0.1, 0.15) is 0 Å². The minimum Gasteiger partial charge on any atom is -0.351 e. The lowest BCUT2D eigenvalue weighted by Gasteiger charge is -2.06. The molecule has 1 aromatic rings. The van der Waals surface area contributed by atoms with E-state index < -0.39 is 10.0 Å². The highest BCUT2D eigenvalue weighted by molar-refractivity contribution is 7.89. The van der Waals surface area contributed by atoms with Crippen LogP contribution in [0, 0.1) is 0 Å². The number of nitrogens with zero attached hydrogens (tertiary/aromatic N) is 1. The number of nitrogens with two attached hydrogens (primary N) is 1. The summed E-state index contributed by atoms with van der Waals surface area (Å²) in [6.07, 6.45) is 1.49. The molecule has 8 heteroatoms. The number of hydrogen-bond acceptors (Lipinski definition) is 5. The first-order valence-corrected chi connectivity index (χ1v) is 6.98. The normalized spacial score (nSPS) is 11.2. The van der Waals surface area contributed by atoms with Crippen LogP contribution in [0.3, 0.4) is 0 Å². The second-order valence-corrected chi connectivity index (χ2v) is 5.56. The molecule has 1 aromatic heterocycles. The number of aromatic nitrogens is 1. The lowest BCUT2D eigenvalue weighted by atomic mass is 10.2. The lowest BCUT2D eigenvalue weighted by Crippen LogP contribution is -2.33. The third-order valence-corrected chi connectivity index (χ3v) is 3.62. The van der Waals surface area contributed by atoms with Crippen molar-refractivity contribution in [1.29, 1.82) is 0 Å². The van der Waals surface area contributed by atoms with E-state index in [0.717, 1.165) is 0 Å². The summed E-state index contributed by atoms with van der Waals surface area (Å²) in [5.74, 6) is -0.511. The van der Waals surface area contributed by atoms with Crippen LogP contribution < -0.4 is 15.8 Å². The highest BCUT2D eigenvalue weighted by Gasteiger charge is 2.09. The maximum absolute atomic E-state index is 11.7. The molecule has 0 fully saturated rings. The van der Waals surface area contributed by atoms with E-state index in [2.05, 4.69) is 15.0 Å². The zero-order valence-electron chi connectivity index (χ0n) is 10.0. The van der Waals surface area contributed by atoms with Crippen LogP contribution in [-0.2, 0) is 16.6 Å². The fraction of sp³-hybridized carbons (Fsp3) is 0.400. The van der Waals surface area contributed by atoms with Gasteiger partial charge in [-0.25, -0.2) is 13.1 Å². The van der Waals surface area contributed by atoms with Crippen molar-refractivity contribution in [3.05, 3.63) is 29.6 Å². The van der Waals surface area contributed by atoms with Crippen molar-refractivity contribution in [1.82, 2.24) is 15.0 Å². The number of nitrogens with one attached hydrogen (secondary N) is 2. The molecule has 0 aliphatic carbocycles. The van der Waals surface area contributed by atoms with E-state index in [0.29, 0.717) is 11.3 Å². The first kappa shape index (κ1) is 14.6. The van der Waals surface area contributed by atoms with Crippen molar-refractivity contribution in [3.8, 4) is 0 Å². The molecule has 0 saturated heterocycles. The van der Waals surface area contributed by atoms with E-state index in [1.165, 1.54) is 13.2 Å². The molecule has 0 atom stereocenters. The van der Waals surface area contributed by atoms with Crippen LogP contribution in [-0.4, -0.2) is 38.7 Å². The summed E-state index contributed by atoms with van der Waals surface area (Å²) in [4.78, 5) is 15.7. The van der Waals surface area contributed by atoms with Gasteiger partial charge >= 0.3 is 0 Å². The molecule has 0 spiro atoms. The van der Waals surface area contributed by atoms with Gasteiger partial charge in [0, 0.05) is 24.8 Å². The van der Waals surface area contributed by atoms with Gasteiger partial charge < -0.3 is 11.1 Å². The molecule has 0 bridgehead atoms. The number of pyridine rings is 1. The van der Waals surface area contributed by atoms with Crippen molar-refractivity contribution in [3.63, 3.8) is 0 Å². The van der Waals surface area contributed by atoms with Crippen molar-refractivity contribution in [2.24, 2.45) is 5.73 Å². The molecule has 0 saturated carbocycles. The largest absolute Gasteiger partial charge is 0.351 e. The van der Waals surface area contributed by atoms with E-state index in [1.54, 1.807) is 12.1 Å². The van der Waals surface area contributed by atoms with E-state index in [9.17, 15) is 13.2 Å². The summed E-state index contributed by atoms with van der Waals surface area (Å²) >= 11 is 0. The first-order valence-electron chi connectivity index (χ1n) is 5.33. The molecule has 100 valence electrons. The molecule has 0 unspecified atom stereocenters. The third kappa shape index (κ3) is 4.40. The van der Waals surface area contributed by atoms with E-state index in [-0.39, 0.29) is 24.7 Å². The Labute approximate surface area is 106 Å². The van der Waals surface area contributed by atoms with Crippen LogP contribution in [0.5, 0.6) is 0 Å². The average molecular weight is 272 g/mol. The number of rotatable bonds is 6. The smallest absolute Gasteiger partial charge is 0.251 e. The van der Waals surface area contributed by atoms with Crippen LogP contribution in [0.25, 0.3) is 0 Å². The summed E-state index contributed by atoms with van der Waals surface area (Å²) < 4.78 is 24.4. The van der Waals surface area contributed by atoms with Gasteiger partial charge in [0.15, 0.2) is 0 Å². The van der Waals surface area contributed by atoms with Gasteiger partial charge in [-0.1, -0.05) is 0 Å². The molecule has 4 N–H and O–H groups in total. The van der Waals surface area contributed by atoms with Gasteiger partial charge in [-0.3, -0.25) is 9.78 Å². The number of hydrogen-bond donors (Lipinski definition) is 3. The second-order valence-electron chi connectivity index (χ2n) is 3.52. The first-order chi connectivity index (χ1) is 8.48. The fourth-order valence-corrected chi connectivity index (χ4v) is 1.81. The maximum Gasteiger partial charge on any atom is 0.251 e. The Morgan fingerprint density at radius 3 is 2.83 bits per heavy atom. The molecule has 7 nitrogen and oxygen atoms in total. The Hall–Kier alpha value is -1.51. The summed E-state index contributed by atoms with van der Waals surface area (Å²) in [6, 6.07) is 3.11. The zero-order chi connectivity index (χ0) is 13.6. The van der Waals surface area contributed by atoms with E-state index in [1.807, 2.05) is 0 Å². The van der Waals surface area contributed by atoms with Crippen molar-refractivity contribution < 1.29 is 13.2 Å². The van der Waals surface area contributed by atoms with E-state index >= 15 is 0 Å². The summed E-state index contributed by atoms with van der Waals surface area (Å²) in [5, 5.41) is 2.51. The quantitative estimate of drug-likeness (QED) is 0.603. The Kier molecular flexibility index (Phi) is 5.20. The molecule has 0 aromatic carbocycles. The average Bonchev–Trinajstić information content (AvgIpc) is 2.38. The predicted octanol–water partition coefficient (Wildman–Crippen LogP) is -1.18. The summed E-state index contributed by atoms with van der Waals surface area (Å²) in [6.45, 7) is 0.289. The van der Waals surface area contributed by atoms with Crippen LogP contribution in [0.2, 0.25) is 0 Å². The topological polar surface area (TPSA) is 114 Å². The Morgan fingerprint density at radius 2 is 2.22 bits per heavy atom. The lowest BCUT2D eigenvalue weighted by molar-refractivity contribution is 0.0956. The van der Waals surface area contributed by atoms with Crippen LogP contribution in [0.1, 0.15) is 16.1 Å². The van der Waals surface area contributed by atoms with Gasteiger partial charge in [-0.05, 0) is 19.2 Å². The monoisotopic (exact) mass is 272 g/mol. The summed E-state index contributed by atoms with van der Waals surface area (Å²) in [5.41, 5.74) is 6.42. The van der Waals surface area contributed by atoms with E-state index in [4.69, 9.17) is 5.73 Å². The van der Waals surface area contributed by atoms with Gasteiger partial charge in [0.05, 0.1) is 11.4 Å². The van der Waals surface area contributed by atoms with Gasteiger partial charge in [0.2, 0.25) is 10.0 Å². The number of amides is 1. The molecule has 1 rings (SSSR count). The molecule has 1 heterocycles. The maximum atomic E-state index is 11.7. The molecule has 0 aliphatic heterocycles. The second kappa shape index (κ2) is 6.43. The molecule has 0 aliphatic rings. The summed E-state index contributed by atoms with van der Waals surface area (Å²) in [7, 11) is -1.98. The fourth-order valence-electron chi connectivity index (χ4n) is 1.23. The highest BCUT2D eigenvalue weighted by atomic mass is 32.2. The molecule has 1 amide bonds. The Balaban J connectivity index is 2.55.